The van der Waals surface area contributed by atoms with Gasteiger partial charge in [-0.1, -0.05) is 12.8 Å². The number of rotatable bonds is 3. The molecule has 0 bridgehead atoms. The van der Waals surface area contributed by atoms with E-state index in [-0.39, 0.29) is 11.9 Å². The van der Waals surface area contributed by atoms with E-state index < -0.39 is 0 Å². The van der Waals surface area contributed by atoms with Crippen molar-refractivity contribution < 1.29 is 4.39 Å². The molecule has 3 heteroatoms. The second kappa shape index (κ2) is 4.65. The zero-order valence-corrected chi connectivity index (χ0v) is 9.77. The summed E-state index contributed by atoms with van der Waals surface area (Å²) in [5.41, 5.74) is 0. The number of hydrogen-bond acceptors (Lipinski definition) is 2. The normalized spacial score (nSPS) is 12.6. The zero-order valence-electron chi connectivity index (χ0n) is 8.96. The molecule has 0 aliphatic carbocycles. The molecule has 1 atom stereocenters. The average molecular weight is 233 g/mol. The third-order valence-electron chi connectivity index (χ3n) is 2.36. The minimum Gasteiger partial charge on any atom is -0.300 e. The molecule has 1 aromatic heterocycles. The van der Waals surface area contributed by atoms with E-state index in [1.807, 2.05) is 13.0 Å². The Kier molecular flexibility index (Phi) is 3.23. The molecular weight excluding hydrogens is 221 g/mol. The number of terminal acetylenes is 1. The molecule has 0 spiro atoms. The molecule has 0 fully saturated rings. The van der Waals surface area contributed by atoms with Gasteiger partial charge in [0.25, 0.3) is 0 Å². The molecule has 1 heterocycles. The van der Waals surface area contributed by atoms with Gasteiger partial charge in [0.1, 0.15) is 11.9 Å². The van der Waals surface area contributed by atoms with E-state index in [0.29, 0.717) is 0 Å². The van der Waals surface area contributed by atoms with Gasteiger partial charge in [-0.05, 0) is 36.2 Å². The van der Waals surface area contributed by atoms with Crippen LogP contribution in [0.25, 0.3) is 10.1 Å². The number of halogens is 1. The summed E-state index contributed by atoms with van der Waals surface area (Å²) < 4.78 is 14.1. The van der Waals surface area contributed by atoms with Gasteiger partial charge in [0, 0.05) is 9.58 Å². The van der Waals surface area contributed by atoms with E-state index >= 15 is 0 Å². The fourth-order valence-corrected chi connectivity index (χ4v) is 2.70. The highest BCUT2D eigenvalue weighted by molar-refractivity contribution is 7.19. The van der Waals surface area contributed by atoms with Crippen molar-refractivity contribution in [2.75, 3.05) is 6.54 Å². The zero-order chi connectivity index (χ0) is 11.5. The van der Waals surface area contributed by atoms with Crippen molar-refractivity contribution in [3.8, 4) is 12.3 Å². The quantitative estimate of drug-likeness (QED) is 0.802. The summed E-state index contributed by atoms with van der Waals surface area (Å²) in [6.07, 6.45) is 5.46. The highest BCUT2D eigenvalue weighted by atomic mass is 32.1. The van der Waals surface area contributed by atoms with Crippen LogP contribution in [0.5, 0.6) is 0 Å². The third-order valence-corrected chi connectivity index (χ3v) is 3.54. The van der Waals surface area contributed by atoms with Gasteiger partial charge in [-0.3, -0.25) is 5.32 Å². The SMILES string of the molecule is C#CC(NCC)c1cc2cc(F)ccc2s1. The Morgan fingerprint density at radius 2 is 2.31 bits per heavy atom. The molecule has 0 aliphatic rings. The predicted molar refractivity (Wildman–Crippen MR) is 67.0 cm³/mol. The number of hydrogen-bond donors (Lipinski definition) is 1. The van der Waals surface area contributed by atoms with Crippen molar-refractivity contribution >= 4 is 21.4 Å². The Bertz CT molecular complexity index is 538. The van der Waals surface area contributed by atoms with Crippen molar-refractivity contribution in [1.82, 2.24) is 5.32 Å². The summed E-state index contributed by atoms with van der Waals surface area (Å²) in [7, 11) is 0. The molecule has 1 nitrogen and oxygen atoms in total. The number of fused-ring (bicyclic) bond motifs is 1. The van der Waals surface area contributed by atoms with Crippen molar-refractivity contribution in [1.29, 1.82) is 0 Å². The minimum atomic E-state index is -0.211. The van der Waals surface area contributed by atoms with Gasteiger partial charge in [-0.15, -0.1) is 17.8 Å². The molecule has 82 valence electrons. The maximum atomic E-state index is 13.0. The van der Waals surface area contributed by atoms with Crippen LogP contribution in [0.2, 0.25) is 0 Å². The van der Waals surface area contributed by atoms with Crippen LogP contribution in [-0.2, 0) is 0 Å². The van der Waals surface area contributed by atoms with E-state index in [1.165, 1.54) is 12.1 Å². The lowest BCUT2D eigenvalue weighted by molar-refractivity contribution is 0.630. The lowest BCUT2D eigenvalue weighted by atomic mass is 10.2. The predicted octanol–water partition coefficient (Wildman–Crippen LogP) is 3.32. The van der Waals surface area contributed by atoms with Crippen LogP contribution in [0.15, 0.2) is 24.3 Å². The topological polar surface area (TPSA) is 12.0 Å². The van der Waals surface area contributed by atoms with Crippen LogP contribution in [0.4, 0.5) is 4.39 Å². The molecule has 1 unspecified atom stereocenters. The Hall–Kier alpha value is -1.37. The molecular formula is C13H12FNS. The van der Waals surface area contributed by atoms with Gasteiger partial charge >= 0.3 is 0 Å². The Labute approximate surface area is 98.3 Å². The van der Waals surface area contributed by atoms with Crippen molar-refractivity contribution in [3.63, 3.8) is 0 Å². The first-order valence-corrected chi connectivity index (χ1v) is 5.94. The van der Waals surface area contributed by atoms with Crippen LogP contribution in [0, 0.1) is 18.2 Å². The highest BCUT2D eigenvalue weighted by Gasteiger charge is 2.10. The largest absolute Gasteiger partial charge is 0.300 e. The highest BCUT2D eigenvalue weighted by Crippen LogP contribution is 2.30. The van der Waals surface area contributed by atoms with Crippen LogP contribution in [0.1, 0.15) is 17.8 Å². The number of thiophene rings is 1. The monoisotopic (exact) mass is 233 g/mol. The maximum Gasteiger partial charge on any atom is 0.123 e. The second-order valence-corrected chi connectivity index (χ2v) is 4.60. The summed E-state index contributed by atoms with van der Waals surface area (Å²) in [6, 6.07) is 6.68. The molecule has 0 saturated heterocycles. The van der Waals surface area contributed by atoms with E-state index in [1.54, 1.807) is 17.4 Å². The molecule has 0 aliphatic heterocycles. The molecule has 0 radical (unpaired) electrons. The Morgan fingerprint density at radius 3 is 3.00 bits per heavy atom. The van der Waals surface area contributed by atoms with E-state index in [4.69, 9.17) is 6.42 Å². The van der Waals surface area contributed by atoms with Crippen LogP contribution >= 0.6 is 11.3 Å². The fraction of sp³-hybridized carbons (Fsp3) is 0.231. The molecule has 16 heavy (non-hydrogen) atoms. The van der Waals surface area contributed by atoms with Crippen LogP contribution in [-0.4, -0.2) is 6.54 Å². The maximum absolute atomic E-state index is 13.0. The lowest BCUT2D eigenvalue weighted by Gasteiger charge is -2.07. The summed E-state index contributed by atoms with van der Waals surface area (Å²) in [5, 5.41) is 4.12. The molecule has 2 rings (SSSR count). The van der Waals surface area contributed by atoms with E-state index in [2.05, 4.69) is 11.2 Å². The van der Waals surface area contributed by atoms with Gasteiger partial charge in [-0.25, -0.2) is 4.39 Å². The Morgan fingerprint density at radius 1 is 1.50 bits per heavy atom. The molecule has 0 amide bonds. The fourth-order valence-electron chi connectivity index (χ4n) is 1.62. The van der Waals surface area contributed by atoms with Crippen LogP contribution in [0.3, 0.4) is 0 Å². The van der Waals surface area contributed by atoms with E-state index in [9.17, 15) is 4.39 Å². The average Bonchev–Trinajstić information content (AvgIpc) is 2.68. The second-order valence-electron chi connectivity index (χ2n) is 3.49. The van der Waals surface area contributed by atoms with Crippen LogP contribution < -0.4 is 5.32 Å². The van der Waals surface area contributed by atoms with Gasteiger partial charge in [0.2, 0.25) is 0 Å². The summed E-state index contributed by atoms with van der Waals surface area (Å²) >= 11 is 1.61. The Balaban J connectivity index is 2.42. The number of benzene rings is 1. The van der Waals surface area contributed by atoms with Crippen molar-refractivity contribution in [2.24, 2.45) is 0 Å². The summed E-state index contributed by atoms with van der Waals surface area (Å²) in [5.74, 6) is 2.49. The molecule has 1 N–H and O–H groups in total. The summed E-state index contributed by atoms with van der Waals surface area (Å²) in [4.78, 5) is 1.06. The standard InChI is InChI=1S/C13H12FNS/c1-3-11(15-4-2)13-8-9-7-10(14)5-6-12(9)16-13/h1,5-8,11,15H,4H2,2H3. The molecule has 2 aromatic rings. The van der Waals surface area contributed by atoms with Crippen molar-refractivity contribution in [2.45, 2.75) is 13.0 Å². The first-order valence-electron chi connectivity index (χ1n) is 5.13. The summed E-state index contributed by atoms with van der Waals surface area (Å²) in [6.45, 7) is 2.83. The molecule has 0 saturated carbocycles. The van der Waals surface area contributed by atoms with Gasteiger partial charge < -0.3 is 0 Å². The first-order chi connectivity index (χ1) is 7.74. The number of nitrogens with one attached hydrogen (secondary N) is 1. The van der Waals surface area contributed by atoms with Gasteiger partial charge in [0.15, 0.2) is 0 Å². The van der Waals surface area contributed by atoms with Gasteiger partial charge in [-0.2, -0.15) is 0 Å². The molecule has 1 aromatic carbocycles. The third kappa shape index (κ3) is 2.08. The lowest BCUT2D eigenvalue weighted by Crippen LogP contribution is -2.17. The minimum absolute atomic E-state index is 0.0783. The van der Waals surface area contributed by atoms with Crippen molar-refractivity contribution in [3.05, 3.63) is 35.0 Å². The first kappa shape index (κ1) is 11.1. The van der Waals surface area contributed by atoms with Gasteiger partial charge in [0.05, 0.1) is 0 Å². The smallest absolute Gasteiger partial charge is 0.123 e. The van der Waals surface area contributed by atoms with E-state index in [0.717, 1.165) is 21.5 Å².